The predicted molar refractivity (Wildman–Crippen MR) is 139 cm³/mol. The van der Waals surface area contributed by atoms with Crippen LogP contribution in [0.25, 0.3) is 11.1 Å². The maximum Gasteiger partial charge on any atom is 0.307 e. The number of aliphatic hydroxyl groups is 1. The van der Waals surface area contributed by atoms with Crippen LogP contribution in [-0.2, 0) is 17.6 Å². The first-order valence-electron chi connectivity index (χ1n) is 12.6. The molecule has 0 unspecified atom stereocenters. The molecule has 3 aromatic carbocycles. The second-order valence-corrected chi connectivity index (χ2v) is 9.35. The molecule has 35 heavy (non-hydrogen) atoms. The molecular weight excluding hydrogens is 438 g/mol. The summed E-state index contributed by atoms with van der Waals surface area (Å²) >= 11 is 0. The normalized spacial score (nSPS) is 15.0. The number of aliphatic carboxylic acids is 1. The summed E-state index contributed by atoms with van der Waals surface area (Å²) in [5, 5.41) is 22.9. The SMILES string of the molecule is O=C(O)Cc1ccc(-c2ccc(CCNC[C@H](O)c3ccccc3)cc2)cc1OC1CCCCC1. The number of benzene rings is 3. The summed E-state index contributed by atoms with van der Waals surface area (Å²) in [4.78, 5) is 11.3. The number of aliphatic hydroxyl groups excluding tert-OH is 1. The van der Waals surface area contributed by atoms with E-state index in [1.165, 1.54) is 24.8 Å². The first-order valence-corrected chi connectivity index (χ1v) is 12.6. The number of hydrogen-bond acceptors (Lipinski definition) is 4. The molecule has 0 aromatic heterocycles. The molecule has 1 saturated carbocycles. The predicted octanol–water partition coefficient (Wildman–Crippen LogP) is 5.56. The van der Waals surface area contributed by atoms with Crippen molar-refractivity contribution in [3.63, 3.8) is 0 Å². The van der Waals surface area contributed by atoms with E-state index in [1.807, 2.05) is 48.5 Å². The fraction of sp³-hybridized carbons (Fsp3) is 0.367. The van der Waals surface area contributed by atoms with E-state index in [9.17, 15) is 15.0 Å². The number of hydrogen-bond donors (Lipinski definition) is 3. The molecule has 0 heterocycles. The van der Waals surface area contributed by atoms with Gasteiger partial charge < -0.3 is 20.3 Å². The maximum absolute atomic E-state index is 11.3. The molecule has 5 heteroatoms. The highest BCUT2D eigenvalue weighted by Gasteiger charge is 2.18. The van der Waals surface area contributed by atoms with Crippen LogP contribution in [0.15, 0.2) is 72.8 Å². The van der Waals surface area contributed by atoms with Crippen molar-refractivity contribution in [2.45, 2.75) is 57.2 Å². The quantitative estimate of drug-likeness (QED) is 0.318. The molecule has 0 bridgehead atoms. The summed E-state index contributed by atoms with van der Waals surface area (Å²) in [6.45, 7) is 1.31. The van der Waals surface area contributed by atoms with Gasteiger partial charge in [0.25, 0.3) is 0 Å². The lowest BCUT2D eigenvalue weighted by Crippen LogP contribution is -2.23. The molecule has 0 saturated heterocycles. The molecule has 0 radical (unpaired) electrons. The second kappa shape index (κ2) is 12.5. The summed E-state index contributed by atoms with van der Waals surface area (Å²) in [5.41, 5.74) is 4.98. The molecular formula is C30H35NO4. The smallest absolute Gasteiger partial charge is 0.307 e. The summed E-state index contributed by atoms with van der Waals surface area (Å²) in [5.74, 6) is -0.150. The number of carboxylic acid groups (broad SMARTS) is 1. The minimum absolute atomic E-state index is 0.0345. The van der Waals surface area contributed by atoms with Crippen molar-refractivity contribution in [3.8, 4) is 16.9 Å². The third-order valence-corrected chi connectivity index (χ3v) is 6.65. The van der Waals surface area contributed by atoms with Gasteiger partial charge in [-0.25, -0.2) is 0 Å². The molecule has 3 aromatic rings. The van der Waals surface area contributed by atoms with Gasteiger partial charge in [0.1, 0.15) is 5.75 Å². The number of nitrogens with one attached hydrogen (secondary N) is 1. The van der Waals surface area contributed by atoms with Crippen molar-refractivity contribution in [1.82, 2.24) is 5.32 Å². The lowest BCUT2D eigenvalue weighted by atomic mass is 9.97. The molecule has 184 valence electrons. The second-order valence-electron chi connectivity index (χ2n) is 9.35. The van der Waals surface area contributed by atoms with Gasteiger partial charge in [0.15, 0.2) is 0 Å². The Morgan fingerprint density at radius 2 is 1.66 bits per heavy atom. The number of rotatable bonds is 11. The zero-order valence-electron chi connectivity index (χ0n) is 20.2. The van der Waals surface area contributed by atoms with Gasteiger partial charge in [-0.1, -0.05) is 73.2 Å². The van der Waals surface area contributed by atoms with Gasteiger partial charge in [-0.05, 0) is 67.0 Å². The van der Waals surface area contributed by atoms with Crippen molar-refractivity contribution in [2.75, 3.05) is 13.1 Å². The van der Waals surface area contributed by atoms with Gasteiger partial charge in [-0.2, -0.15) is 0 Å². The zero-order chi connectivity index (χ0) is 24.5. The molecule has 5 nitrogen and oxygen atoms in total. The van der Waals surface area contributed by atoms with E-state index < -0.39 is 12.1 Å². The fourth-order valence-corrected chi connectivity index (χ4v) is 4.64. The van der Waals surface area contributed by atoms with E-state index in [-0.39, 0.29) is 12.5 Å². The van der Waals surface area contributed by atoms with Crippen molar-refractivity contribution >= 4 is 5.97 Å². The first kappa shape index (κ1) is 25.0. The Labute approximate surface area is 207 Å². The average molecular weight is 474 g/mol. The van der Waals surface area contributed by atoms with Gasteiger partial charge in [-0.3, -0.25) is 4.79 Å². The highest BCUT2D eigenvalue weighted by Crippen LogP contribution is 2.31. The van der Waals surface area contributed by atoms with E-state index in [1.54, 1.807) is 0 Å². The molecule has 1 fully saturated rings. The Morgan fingerprint density at radius 1 is 0.943 bits per heavy atom. The van der Waals surface area contributed by atoms with Crippen LogP contribution in [0.2, 0.25) is 0 Å². The Morgan fingerprint density at radius 3 is 2.37 bits per heavy atom. The summed E-state index contributed by atoms with van der Waals surface area (Å²) < 4.78 is 6.30. The molecule has 0 amide bonds. The van der Waals surface area contributed by atoms with E-state index in [4.69, 9.17) is 4.74 Å². The molecule has 1 aliphatic rings. The molecule has 1 aliphatic carbocycles. The summed E-state index contributed by atoms with van der Waals surface area (Å²) in [6, 6.07) is 24.0. The monoisotopic (exact) mass is 473 g/mol. The van der Waals surface area contributed by atoms with Gasteiger partial charge in [-0.15, -0.1) is 0 Å². The standard InChI is InChI=1S/C30H35NO4/c32-28(24-7-3-1-4-8-24)21-31-18-17-22-11-13-23(14-12-22)25-15-16-26(20-30(33)34)29(19-25)35-27-9-5-2-6-10-27/h1,3-4,7-8,11-16,19,27-28,31-32H,2,5-6,9-10,17-18,20-21H2,(H,33,34)/t28-/m0/s1. The van der Waals surface area contributed by atoms with Crippen molar-refractivity contribution in [2.24, 2.45) is 0 Å². The number of carboxylic acids is 1. The van der Waals surface area contributed by atoms with Crippen LogP contribution in [0.4, 0.5) is 0 Å². The van der Waals surface area contributed by atoms with Crippen LogP contribution in [0.1, 0.15) is 54.9 Å². The largest absolute Gasteiger partial charge is 0.490 e. The van der Waals surface area contributed by atoms with E-state index in [0.717, 1.165) is 48.1 Å². The Bertz CT molecular complexity index is 1080. The fourth-order valence-electron chi connectivity index (χ4n) is 4.64. The average Bonchev–Trinajstić information content (AvgIpc) is 2.89. The van der Waals surface area contributed by atoms with Gasteiger partial charge in [0.2, 0.25) is 0 Å². The molecule has 3 N–H and O–H groups in total. The van der Waals surface area contributed by atoms with Crippen LogP contribution in [-0.4, -0.2) is 35.4 Å². The van der Waals surface area contributed by atoms with Crippen molar-refractivity contribution in [1.29, 1.82) is 0 Å². The molecule has 1 atom stereocenters. The van der Waals surface area contributed by atoms with Gasteiger partial charge in [0, 0.05) is 12.1 Å². The van der Waals surface area contributed by atoms with Crippen LogP contribution in [0.3, 0.4) is 0 Å². The number of carbonyl (C=O) groups is 1. The van der Waals surface area contributed by atoms with Gasteiger partial charge >= 0.3 is 5.97 Å². The topological polar surface area (TPSA) is 78.8 Å². The molecule has 0 spiro atoms. The first-order chi connectivity index (χ1) is 17.1. The van der Waals surface area contributed by atoms with Crippen LogP contribution < -0.4 is 10.1 Å². The lowest BCUT2D eigenvalue weighted by molar-refractivity contribution is -0.136. The Kier molecular flexibility index (Phi) is 8.93. The highest BCUT2D eigenvalue weighted by molar-refractivity contribution is 5.73. The summed E-state index contributed by atoms with van der Waals surface area (Å²) in [7, 11) is 0. The van der Waals surface area contributed by atoms with Crippen LogP contribution in [0, 0.1) is 0 Å². The number of ether oxygens (including phenoxy) is 1. The van der Waals surface area contributed by atoms with Crippen molar-refractivity contribution < 1.29 is 19.7 Å². The van der Waals surface area contributed by atoms with E-state index in [2.05, 4.69) is 29.6 Å². The third-order valence-electron chi connectivity index (χ3n) is 6.65. The van der Waals surface area contributed by atoms with Gasteiger partial charge in [0.05, 0.1) is 18.6 Å². The molecule has 4 rings (SSSR count). The zero-order valence-corrected chi connectivity index (χ0v) is 20.2. The summed E-state index contributed by atoms with van der Waals surface area (Å²) in [6.07, 6.45) is 6.14. The van der Waals surface area contributed by atoms with E-state index in [0.29, 0.717) is 12.3 Å². The lowest BCUT2D eigenvalue weighted by Gasteiger charge is -2.24. The van der Waals surface area contributed by atoms with Crippen LogP contribution >= 0.6 is 0 Å². The highest BCUT2D eigenvalue weighted by atomic mass is 16.5. The minimum atomic E-state index is -0.847. The maximum atomic E-state index is 11.3. The minimum Gasteiger partial charge on any atom is -0.490 e. The third kappa shape index (κ3) is 7.41. The van der Waals surface area contributed by atoms with Crippen LogP contribution in [0.5, 0.6) is 5.75 Å². The Balaban J connectivity index is 1.35. The van der Waals surface area contributed by atoms with E-state index >= 15 is 0 Å². The Hall–Kier alpha value is -3.15. The molecule has 0 aliphatic heterocycles. The van der Waals surface area contributed by atoms with Crippen molar-refractivity contribution in [3.05, 3.63) is 89.5 Å².